The van der Waals surface area contributed by atoms with Crippen LogP contribution in [-0.4, -0.2) is 40.8 Å². The Morgan fingerprint density at radius 3 is 2.62 bits per heavy atom. The fourth-order valence-corrected chi connectivity index (χ4v) is 3.05. The van der Waals surface area contributed by atoms with E-state index in [9.17, 15) is 24.6 Å². The summed E-state index contributed by atoms with van der Waals surface area (Å²) in [5, 5.41) is 23.7. The summed E-state index contributed by atoms with van der Waals surface area (Å²) in [6.07, 6.45) is 3.01. The maximum atomic E-state index is 11.9. The van der Waals surface area contributed by atoms with Gasteiger partial charge in [0.2, 0.25) is 0 Å². The van der Waals surface area contributed by atoms with Crippen LogP contribution in [0.2, 0.25) is 0 Å². The van der Waals surface area contributed by atoms with E-state index in [2.05, 4.69) is 24.5 Å². The van der Waals surface area contributed by atoms with Gasteiger partial charge in [-0.25, -0.2) is 9.59 Å². The number of phenolic OH excluding ortho intramolecular Hbond substituents is 2. The summed E-state index contributed by atoms with van der Waals surface area (Å²) >= 11 is 0. The number of imide groups is 1. The molecule has 0 spiro atoms. The number of hydrogen-bond acceptors (Lipinski definition) is 6. The number of carbonyl (C=O) groups excluding carboxylic acids is 3. The number of amides is 3. The van der Waals surface area contributed by atoms with Gasteiger partial charge in [0.05, 0.1) is 0 Å². The number of hydrogen-bond donors (Lipinski definition) is 4. The molecule has 0 unspecified atom stereocenters. The molecule has 0 heterocycles. The first-order chi connectivity index (χ1) is 12.3. The number of ether oxygens (including phenoxy) is 1. The molecule has 0 radical (unpaired) electrons. The van der Waals surface area contributed by atoms with E-state index in [1.165, 1.54) is 12.1 Å². The third kappa shape index (κ3) is 5.11. The second kappa shape index (κ2) is 8.55. The first-order valence-electron chi connectivity index (χ1n) is 8.57. The van der Waals surface area contributed by atoms with Crippen molar-refractivity contribution in [2.45, 2.75) is 39.2 Å². The lowest BCUT2D eigenvalue weighted by Gasteiger charge is -2.34. The van der Waals surface area contributed by atoms with Crippen LogP contribution in [0.25, 0.3) is 0 Å². The molecule has 1 aliphatic carbocycles. The molecule has 1 aromatic rings. The van der Waals surface area contributed by atoms with Crippen molar-refractivity contribution in [3.05, 3.63) is 23.8 Å². The second-order valence-corrected chi connectivity index (χ2v) is 6.67. The minimum absolute atomic E-state index is 0.00282. The minimum Gasteiger partial charge on any atom is -0.508 e. The second-order valence-electron chi connectivity index (χ2n) is 6.67. The molecule has 0 aliphatic heterocycles. The number of carbonyl (C=O) groups is 3. The summed E-state index contributed by atoms with van der Waals surface area (Å²) in [5.74, 6) is -1.56. The highest BCUT2D eigenvalue weighted by Crippen LogP contribution is 2.29. The number of rotatable bonds is 4. The summed E-state index contributed by atoms with van der Waals surface area (Å²) in [4.78, 5) is 35.5. The summed E-state index contributed by atoms with van der Waals surface area (Å²) in [6, 6.07) is 2.74. The molecule has 26 heavy (non-hydrogen) atoms. The van der Waals surface area contributed by atoms with Crippen molar-refractivity contribution in [2.24, 2.45) is 11.8 Å². The van der Waals surface area contributed by atoms with Gasteiger partial charge < -0.3 is 20.3 Å². The molecule has 3 amide bonds. The number of urea groups is 1. The molecule has 1 aliphatic rings. The molecular formula is C18H24N2O6. The summed E-state index contributed by atoms with van der Waals surface area (Å²) < 4.78 is 4.77. The summed E-state index contributed by atoms with van der Waals surface area (Å²) in [6.45, 7) is 3.55. The predicted molar refractivity (Wildman–Crippen MR) is 92.7 cm³/mol. The Bertz CT molecular complexity index is 690. The number of aromatic hydroxyl groups is 2. The fraction of sp³-hybridized carbons (Fsp3) is 0.500. The highest BCUT2D eigenvalue weighted by Gasteiger charge is 2.28. The van der Waals surface area contributed by atoms with Gasteiger partial charge in [0.25, 0.3) is 5.91 Å². The van der Waals surface area contributed by atoms with E-state index < -0.39 is 30.3 Å². The van der Waals surface area contributed by atoms with Crippen molar-refractivity contribution in [1.29, 1.82) is 0 Å². The molecule has 2 rings (SSSR count). The van der Waals surface area contributed by atoms with E-state index in [0.717, 1.165) is 25.3 Å². The monoisotopic (exact) mass is 364 g/mol. The highest BCUT2D eigenvalue weighted by atomic mass is 16.5. The van der Waals surface area contributed by atoms with Gasteiger partial charge >= 0.3 is 12.0 Å². The predicted octanol–water partition coefficient (Wildman–Crippen LogP) is 1.91. The Labute approximate surface area is 151 Å². The van der Waals surface area contributed by atoms with Crippen LogP contribution in [0.3, 0.4) is 0 Å². The zero-order valence-corrected chi connectivity index (χ0v) is 14.8. The van der Waals surface area contributed by atoms with Crippen LogP contribution in [0.5, 0.6) is 11.5 Å². The van der Waals surface area contributed by atoms with Crippen molar-refractivity contribution in [1.82, 2.24) is 10.6 Å². The molecule has 0 aromatic heterocycles. The van der Waals surface area contributed by atoms with Crippen LogP contribution in [-0.2, 0) is 9.53 Å². The van der Waals surface area contributed by atoms with Gasteiger partial charge in [0, 0.05) is 12.1 Å². The van der Waals surface area contributed by atoms with E-state index >= 15 is 0 Å². The molecule has 1 saturated carbocycles. The van der Waals surface area contributed by atoms with Gasteiger partial charge in [-0.3, -0.25) is 10.1 Å². The van der Waals surface area contributed by atoms with E-state index in [0.29, 0.717) is 11.8 Å². The van der Waals surface area contributed by atoms with Gasteiger partial charge in [-0.05, 0) is 30.4 Å². The Morgan fingerprint density at radius 2 is 1.92 bits per heavy atom. The highest BCUT2D eigenvalue weighted by molar-refractivity contribution is 5.97. The fourth-order valence-electron chi connectivity index (χ4n) is 3.05. The lowest BCUT2D eigenvalue weighted by atomic mass is 9.78. The lowest BCUT2D eigenvalue weighted by Crippen LogP contribution is -2.49. The van der Waals surface area contributed by atoms with E-state index in [-0.39, 0.29) is 17.4 Å². The smallest absolute Gasteiger partial charge is 0.342 e. The van der Waals surface area contributed by atoms with Crippen molar-refractivity contribution >= 4 is 17.9 Å². The zero-order chi connectivity index (χ0) is 19.3. The Balaban J connectivity index is 1.79. The van der Waals surface area contributed by atoms with Gasteiger partial charge in [0.15, 0.2) is 6.61 Å². The SMILES string of the molecule is C[C@H]1[C@H](C)CCC[C@H]1NC(=O)NC(=O)COC(=O)c1ccc(O)cc1O. The first kappa shape index (κ1) is 19.6. The van der Waals surface area contributed by atoms with Crippen molar-refractivity contribution in [3.63, 3.8) is 0 Å². The first-order valence-corrected chi connectivity index (χ1v) is 8.57. The van der Waals surface area contributed by atoms with Crippen LogP contribution in [0, 0.1) is 11.8 Å². The lowest BCUT2D eigenvalue weighted by molar-refractivity contribution is -0.123. The molecule has 8 nitrogen and oxygen atoms in total. The number of nitrogens with one attached hydrogen (secondary N) is 2. The molecular weight excluding hydrogens is 340 g/mol. The topological polar surface area (TPSA) is 125 Å². The quantitative estimate of drug-likeness (QED) is 0.605. The Hall–Kier alpha value is -2.77. The number of esters is 1. The van der Waals surface area contributed by atoms with Crippen LogP contribution in [0.15, 0.2) is 18.2 Å². The molecule has 1 fully saturated rings. The van der Waals surface area contributed by atoms with Crippen LogP contribution in [0.1, 0.15) is 43.5 Å². The summed E-state index contributed by atoms with van der Waals surface area (Å²) in [7, 11) is 0. The van der Waals surface area contributed by atoms with Gasteiger partial charge in [-0.1, -0.05) is 26.7 Å². The molecule has 142 valence electrons. The molecule has 0 bridgehead atoms. The molecule has 0 saturated heterocycles. The average molecular weight is 364 g/mol. The van der Waals surface area contributed by atoms with Crippen molar-refractivity contribution in [3.8, 4) is 11.5 Å². The Morgan fingerprint density at radius 1 is 1.19 bits per heavy atom. The number of phenols is 2. The van der Waals surface area contributed by atoms with E-state index in [1.807, 2.05) is 0 Å². The molecule has 4 N–H and O–H groups in total. The van der Waals surface area contributed by atoms with Gasteiger partial charge in [-0.15, -0.1) is 0 Å². The van der Waals surface area contributed by atoms with E-state index in [4.69, 9.17) is 4.74 Å². The average Bonchev–Trinajstić information content (AvgIpc) is 2.57. The maximum Gasteiger partial charge on any atom is 0.342 e. The van der Waals surface area contributed by atoms with Crippen molar-refractivity contribution in [2.75, 3.05) is 6.61 Å². The molecule has 1 aromatic carbocycles. The summed E-state index contributed by atoms with van der Waals surface area (Å²) in [5.41, 5.74) is -0.190. The van der Waals surface area contributed by atoms with E-state index in [1.54, 1.807) is 0 Å². The largest absolute Gasteiger partial charge is 0.508 e. The normalized spacial score (nSPS) is 22.3. The zero-order valence-electron chi connectivity index (χ0n) is 14.8. The minimum atomic E-state index is -0.937. The van der Waals surface area contributed by atoms with Crippen LogP contribution >= 0.6 is 0 Å². The Kier molecular flexibility index (Phi) is 6.43. The van der Waals surface area contributed by atoms with Crippen molar-refractivity contribution < 1.29 is 29.3 Å². The van der Waals surface area contributed by atoms with Crippen LogP contribution in [0.4, 0.5) is 4.79 Å². The third-order valence-corrected chi connectivity index (χ3v) is 4.81. The van der Waals surface area contributed by atoms with Crippen LogP contribution < -0.4 is 10.6 Å². The van der Waals surface area contributed by atoms with Gasteiger partial charge in [0.1, 0.15) is 17.1 Å². The number of benzene rings is 1. The molecule has 8 heteroatoms. The third-order valence-electron chi connectivity index (χ3n) is 4.81. The van der Waals surface area contributed by atoms with Gasteiger partial charge in [-0.2, -0.15) is 0 Å². The molecule has 3 atom stereocenters. The maximum absolute atomic E-state index is 11.9. The standard InChI is InChI=1S/C18H24N2O6/c1-10-4-3-5-14(11(10)2)19-18(25)20-16(23)9-26-17(24)13-7-6-12(21)8-15(13)22/h6-8,10-11,14,21-22H,3-5,9H2,1-2H3,(H2,19,20,23,25)/t10-,11+,14-/m1/s1.